The second-order valence-electron chi connectivity index (χ2n) is 9.02. The summed E-state index contributed by atoms with van der Waals surface area (Å²) in [6.45, 7) is 0.901. The van der Waals surface area contributed by atoms with E-state index in [4.69, 9.17) is 0 Å². The van der Waals surface area contributed by atoms with Crippen LogP contribution in [-0.2, 0) is 16.9 Å². The fourth-order valence-corrected chi connectivity index (χ4v) is 6.23. The van der Waals surface area contributed by atoms with E-state index in [9.17, 15) is 13.2 Å². The Hall–Kier alpha value is -2.54. The molecular weight excluding hydrogens is 398 g/mol. The molecule has 6 nitrogen and oxygen atoms in total. The molecule has 2 aromatic heterocycles. The van der Waals surface area contributed by atoms with Gasteiger partial charge in [-0.1, -0.05) is 6.42 Å². The highest BCUT2D eigenvalue weighted by Gasteiger charge is 2.39. The zero-order valence-electron chi connectivity index (χ0n) is 17.3. The Balaban J connectivity index is 1.59. The van der Waals surface area contributed by atoms with Gasteiger partial charge in [0.05, 0.1) is 4.90 Å². The lowest BCUT2D eigenvalue weighted by atomic mass is 9.88. The minimum Gasteiger partial charge on any atom is -0.384 e. The van der Waals surface area contributed by atoms with Gasteiger partial charge < -0.3 is 14.9 Å². The zero-order chi connectivity index (χ0) is 21.0. The summed E-state index contributed by atoms with van der Waals surface area (Å²) < 4.78 is 26.2. The molecule has 3 atom stereocenters. The number of nitrogens with one attached hydrogen (secondary N) is 2. The van der Waals surface area contributed by atoms with Crippen LogP contribution in [0.1, 0.15) is 25.7 Å². The highest BCUT2D eigenvalue weighted by atomic mass is 32.2. The number of aryl methyl sites for hydroxylation is 1. The lowest BCUT2D eigenvalue weighted by Gasteiger charge is -2.23. The third kappa shape index (κ3) is 3.25. The van der Waals surface area contributed by atoms with Gasteiger partial charge in [0.1, 0.15) is 5.52 Å². The molecule has 7 heteroatoms. The maximum Gasteiger partial charge on any atom is 0.272 e. The van der Waals surface area contributed by atoms with Crippen molar-refractivity contribution in [2.24, 2.45) is 24.8 Å². The fraction of sp³-hybridized carbons (Fsp3) is 0.435. The highest BCUT2D eigenvalue weighted by Crippen LogP contribution is 2.48. The van der Waals surface area contributed by atoms with Gasteiger partial charge in [0, 0.05) is 54.4 Å². The van der Waals surface area contributed by atoms with E-state index in [2.05, 4.69) is 10.3 Å². The van der Waals surface area contributed by atoms with Crippen LogP contribution in [0.3, 0.4) is 0 Å². The first-order valence-electron chi connectivity index (χ1n) is 10.6. The second kappa shape index (κ2) is 7.01. The van der Waals surface area contributed by atoms with Crippen molar-refractivity contribution in [3.63, 3.8) is 0 Å². The maximum absolute atomic E-state index is 12.3. The van der Waals surface area contributed by atoms with E-state index in [1.807, 2.05) is 25.4 Å². The van der Waals surface area contributed by atoms with Gasteiger partial charge in [-0.3, -0.25) is 4.79 Å². The maximum atomic E-state index is 12.3. The standard InChI is InChI=1S/C23H27N3O3S/c1-26-13-20(18-7-8-24-23(27)22(18)26)19-11-17(30(2,28)29)5-6-21(19)25-12-16-10-14-3-4-15(16)9-14/h5-8,11,13-16,25H,3-4,9-10,12H2,1-2H3,(H,24,27)/t14-,15?,16?/m1/s1. The average molecular weight is 426 g/mol. The number of aromatic amines is 1. The van der Waals surface area contributed by atoms with Gasteiger partial charge in [-0.25, -0.2) is 8.42 Å². The third-order valence-corrected chi connectivity index (χ3v) is 8.16. The molecule has 30 heavy (non-hydrogen) atoms. The van der Waals surface area contributed by atoms with Crippen LogP contribution >= 0.6 is 0 Å². The van der Waals surface area contributed by atoms with E-state index in [0.717, 1.165) is 40.6 Å². The molecule has 2 N–H and O–H groups in total. The Morgan fingerprint density at radius 1 is 1.17 bits per heavy atom. The molecule has 0 aliphatic heterocycles. The summed E-state index contributed by atoms with van der Waals surface area (Å²) in [6, 6.07) is 7.14. The van der Waals surface area contributed by atoms with Gasteiger partial charge in [-0.05, 0) is 61.3 Å². The highest BCUT2D eigenvalue weighted by molar-refractivity contribution is 7.90. The number of rotatable bonds is 5. The fourth-order valence-electron chi connectivity index (χ4n) is 5.58. The normalized spacial score (nSPS) is 23.3. The van der Waals surface area contributed by atoms with Gasteiger partial charge in [-0.2, -0.15) is 0 Å². The van der Waals surface area contributed by atoms with Crippen molar-refractivity contribution in [1.29, 1.82) is 0 Å². The molecule has 5 rings (SSSR count). The number of H-pyrrole nitrogens is 1. The van der Waals surface area contributed by atoms with Crippen LogP contribution < -0.4 is 10.9 Å². The molecule has 158 valence electrons. The molecule has 2 aliphatic carbocycles. The van der Waals surface area contributed by atoms with E-state index in [1.54, 1.807) is 22.9 Å². The van der Waals surface area contributed by atoms with Gasteiger partial charge in [-0.15, -0.1) is 0 Å². The van der Waals surface area contributed by atoms with Crippen molar-refractivity contribution in [3.05, 3.63) is 47.0 Å². The van der Waals surface area contributed by atoms with Crippen LogP contribution in [0, 0.1) is 17.8 Å². The van der Waals surface area contributed by atoms with Gasteiger partial charge in [0.25, 0.3) is 5.56 Å². The van der Waals surface area contributed by atoms with Crippen molar-refractivity contribution in [2.45, 2.75) is 30.6 Å². The van der Waals surface area contributed by atoms with Crippen molar-refractivity contribution in [3.8, 4) is 11.1 Å². The summed E-state index contributed by atoms with van der Waals surface area (Å²) in [5.74, 6) is 2.39. The van der Waals surface area contributed by atoms with Crippen LogP contribution in [0.25, 0.3) is 22.0 Å². The van der Waals surface area contributed by atoms with E-state index in [-0.39, 0.29) is 10.5 Å². The molecule has 2 saturated carbocycles. The van der Waals surface area contributed by atoms with E-state index in [1.165, 1.54) is 31.9 Å². The Bertz CT molecular complexity index is 1290. The van der Waals surface area contributed by atoms with Crippen LogP contribution in [0.15, 0.2) is 46.3 Å². The van der Waals surface area contributed by atoms with Gasteiger partial charge in [0.2, 0.25) is 0 Å². The number of fused-ring (bicyclic) bond motifs is 3. The quantitative estimate of drug-likeness (QED) is 0.652. The molecule has 3 aromatic rings. The summed E-state index contributed by atoms with van der Waals surface area (Å²) >= 11 is 0. The largest absolute Gasteiger partial charge is 0.384 e. The first-order chi connectivity index (χ1) is 14.3. The number of benzene rings is 1. The SMILES string of the molecule is Cn1cc(-c2cc(S(C)(=O)=O)ccc2NCC2C[C@@H]3CCC2C3)c2cc[nH]c(=O)c21. The lowest BCUT2D eigenvalue weighted by Crippen LogP contribution is -2.20. The molecule has 0 radical (unpaired) electrons. The monoisotopic (exact) mass is 425 g/mol. The number of aromatic nitrogens is 2. The van der Waals surface area contributed by atoms with E-state index < -0.39 is 9.84 Å². The number of hydrogen-bond donors (Lipinski definition) is 2. The third-order valence-electron chi connectivity index (χ3n) is 7.05. The Labute approximate surface area is 176 Å². The molecule has 1 aromatic carbocycles. The minimum atomic E-state index is -3.34. The van der Waals surface area contributed by atoms with Crippen molar-refractivity contribution < 1.29 is 8.42 Å². The summed E-state index contributed by atoms with van der Waals surface area (Å²) in [6.07, 6.45) is 10.1. The van der Waals surface area contributed by atoms with E-state index in [0.29, 0.717) is 11.4 Å². The van der Waals surface area contributed by atoms with Crippen LogP contribution in [0.5, 0.6) is 0 Å². The first-order valence-corrected chi connectivity index (χ1v) is 12.5. The second-order valence-corrected chi connectivity index (χ2v) is 11.0. The summed E-state index contributed by atoms with van der Waals surface area (Å²) in [4.78, 5) is 15.3. The number of pyridine rings is 1. The van der Waals surface area contributed by atoms with Crippen LogP contribution in [0.4, 0.5) is 5.69 Å². The smallest absolute Gasteiger partial charge is 0.272 e. The molecule has 2 aliphatic rings. The predicted octanol–water partition coefficient (Wildman–Crippen LogP) is 3.79. The summed E-state index contributed by atoms with van der Waals surface area (Å²) in [7, 11) is -1.51. The molecule has 0 spiro atoms. The molecule has 0 amide bonds. The van der Waals surface area contributed by atoms with Gasteiger partial charge in [0.15, 0.2) is 9.84 Å². The zero-order valence-corrected chi connectivity index (χ0v) is 18.1. The minimum absolute atomic E-state index is 0.156. The molecule has 2 heterocycles. The van der Waals surface area contributed by atoms with Crippen molar-refractivity contribution in [2.75, 3.05) is 18.1 Å². The number of sulfone groups is 1. The van der Waals surface area contributed by atoms with Crippen LogP contribution in [0.2, 0.25) is 0 Å². The molecule has 2 unspecified atom stereocenters. The topological polar surface area (TPSA) is 84.0 Å². The van der Waals surface area contributed by atoms with Crippen molar-refractivity contribution >= 4 is 26.4 Å². The molecule has 2 fully saturated rings. The van der Waals surface area contributed by atoms with Crippen LogP contribution in [-0.4, -0.2) is 30.8 Å². The summed E-state index contributed by atoms with van der Waals surface area (Å²) in [5.41, 5.74) is 3.02. The number of hydrogen-bond acceptors (Lipinski definition) is 4. The molecular formula is C23H27N3O3S. The predicted molar refractivity (Wildman–Crippen MR) is 120 cm³/mol. The van der Waals surface area contributed by atoms with Crippen molar-refractivity contribution in [1.82, 2.24) is 9.55 Å². The number of nitrogens with zero attached hydrogens (tertiary/aromatic N) is 1. The Morgan fingerprint density at radius 3 is 2.70 bits per heavy atom. The lowest BCUT2D eigenvalue weighted by molar-refractivity contribution is 0.348. The number of anilines is 1. The van der Waals surface area contributed by atoms with E-state index >= 15 is 0 Å². The molecule has 2 bridgehead atoms. The average Bonchev–Trinajstić information content (AvgIpc) is 3.40. The van der Waals surface area contributed by atoms with Gasteiger partial charge >= 0.3 is 0 Å². The molecule has 0 saturated heterocycles. The first kappa shape index (κ1) is 19.4. The Morgan fingerprint density at radius 2 is 2.00 bits per heavy atom. The Kier molecular flexibility index (Phi) is 4.54. The summed E-state index contributed by atoms with van der Waals surface area (Å²) in [5, 5.41) is 4.43.